The summed E-state index contributed by atoms with van der Waals surface area (Å²) in [5, 5.41) is 7.85. The molecule has 0 radical (unpaired) electrons. The number of rotatable bonds is 3. The first-order valence-electron chi connectivity index (χ1n) is 4.25. The second kappa shape index (κ2) is 4.50. The molecule has 0 fully saturated rings. The van der Waals surface area contributed by atoms with Crippen LogP contribution in [0.4, 0.5) is 17.3 Å². The predicted octanol–water partition coefficient (Wildman–Crippen LogP) is 2.59. The second-order valence-electron chi connectivity index (χ2n) is 2.80. The van der Waals surface area contributed by atoms with Gasteiger partial charge >= 0.3 is 0 Å². The molecule has 2 heterocycles. The molecule has 0 amide bonds. The highest BCUT2D eigenvalue weighted by Gasteiger charge is 2.02. The van der Waals surface area contributed by atoms with Crippen LogP contribution in [0, 0.1) is 0 Å². The van der Waals surface area contributed by atoms with Gasteiger partial charge in [-0.05, 0) is 17.7 Å². The van der Waals surface area contributed by atoms with Gasteiger partial charge in [-0.3, -0.25) is 0 Å². The van der Waals surface area contributed by atoms with Crippen LogP contribution in [0.1, 0.15) is 0 Å². The number of thiophene rings is 1. The summed E-state index contributed by atoms with van der Waals surface area (Å²) in [7, 11) is 0. The summed E-state index contributed by atoms with van der Waals surface area (Å²) in [5.41, 5.74) is 6.68. The largest absolute Gasteiger partial charge is 0.383 e. The van der Waals surface area contributed by atoms with Crippen LogP contribution in [0.15, 0.2) is 28.0 Å². The van der Waals surface area contributed by atoms with Crippen molar-refractivity contribution in [1.29, 1.82) is 0 Å². The van der Waals surface area contributed by atoms with Crippen LogP contribution in [-0.4, -0.2) is 16.2 Å². The number of nitrogen functional groups attached to an aromatic ring is 1. The number of thioether (sulfide) groups is 1. The van der Waals surface area contributed by atoms with Crippen molar-refractivity contribution >= 4 is 40.4 Å². The number of nitrogens with one attached hydrogen (secondary N) is 1. The van der Waals surface area contributed by atoms with E-state index in [4.69, 9.17) is 5.73 Å². The minimum absolute atomic E-state index is 0.479. The highest BCUT2D eigenvalue weighted by molar-refractivity contribution is 7.98. The molecule has 0 aliphatic heterocycles. The molecular formula is C9H10N4S2. The molecular weight excluding hydrogens is 228 g/mol. The van der Waals surface area contributed by atoms with Crippen LogP contribution >= 0.6 is 23.1 Å². The SMILES string of the molecule is CSc1nc(N)cc(Nc2ccsc2)n1. The number of nitrogens with zero attached hydrogens (tertiary/aromatic N) is 2. The number of nitrogens with two attached hydrogens (primary N) is 1. The third kappa shape index (κ3) is 2.60. The van der Waals surface area contributed by atoms with E-state index < -0.39 is 0 Å². The first-order chi connectivity index (χ1) is 7.28. The maximum Gasteiger partial charge on any atom is 0.191 e. The average Bonchev–Trinajstić information content (AvgIpc) is 2.69. The average molecular weight is 238 g/mol. The highest BCUT2D eigenvalue weighted by atomic mass is 32.2. The van der Waals surface area contributed by atoms with E-state index >= 15 is 0 Å². The lowest BCUT2D eigenvalue weighted by molar-refractivity contribution is 0.984. The molecule has 0 bridgehead atoms. The lowest BCUT2D eigenvalue weighted by atomic mass is 10.5. The van der Waals surface area contributed by atoms with Gasteiger partial charge < -0.3 is 11.1 Å². The van der Waals surface area contributed by atoms with E-state index in [9.17, 15) is 0 Å². The summed E-state index contributed by atoms with van der Waals surface area (Å²) in [6.45, 7) is 0. The zero-order valence-electron chi connectivity index (χ0n) is 8.10. The standard InChI is InChI=1S/C9H10N4S2/c1-14-9-12-7(10)4-8(13-9)11-6-2-3-15-5-6/h2-5H,1H3,(H3,10,11,12,13). The fourth-order valence-corrected chi connectivity index (χ4v) is 2.06. The van der Waals surface area contributed by atoms with Crippen LogP contribution in [0.25, 0.3) is 0 Å². The molecule has 0 aliphatic carbocycles. The van der Waals surface area contributed by atoms with E-state index in [1.165, 1.54) is 11.8 Å². The molecule has 0 atom stereocenters. The summed E-state index contributed by atoms with van der Waals surface area (Å²) >= 11 is 3.10. The van der Waals surface area contributed by atoms with Crippen molar-refractivity contribution in [1.82, 2.24) is 9.97 Å². The van der Waals surface area contributed by atoms with Gasteiger partial charge in [0.15, 0.2) is 5.16 Å². The van der Waals surface area contributed by atoms with Crippen molar-refractivity contribution in [3.05, 3.63) is 22.9 Å². The number of hydrogen-bond donors (Lipinski definition) is 2. The molecule has 0 aliphatic rings. The molecule has 0 saturated heterocycles. The first kappa shape index (κ1) is 10.3. The Kier molecular flexibility index (Phi) is 3.08. The van der Waals surface area contributed by atoms with Crippen LogP contribution in [0.5, 0.6) is 0 Å². The normalized spacial score (nSPS) is 10.2. The van der Waals surface area contributed by atoms with Gasteiger partial charge in [0.25, 0.3) is 0 Å². The predicted molar refractivity (Wildman–Crippen MR) is 65.8 cm³/mol. The molecule has 4 nitrogen and oxygen atoms in total. The Bertz CT molecular complexity index is 441. The third-order valence-electron chi connectivity index (χ3n) is 1.70. The van der Waals surface area contributed by atoms with Crippen molar-refractivity contribution in [2.75, 3.05) is 17.3 Å². The Morgan fingerprint density at radius 2 is 2.33 bits per heavy atom. The monoisotopic (exact) mass is 238 g/mol. The molecule has 6 heteroatoms. The zero-order chi connectivity index (χ0) is 10.7. The Morgan fingerprint density at radius 1 is 1.47 bits per heavy atom. The minimum Gasteiger partial charge on any atom is -0.383 e. The quantitative estimate of drug-likeness (QED) is 0.635. The molecule has 0 unspecified atom stereocenters. The van der Waals surface area contributed by atoms with E-state index in [0.29, 0.717) is 11.0 Å². The molecule has 0 spiro atoms. The van der Waals surface area contributed by atoms with Crippen LogP contribution < -0.4 is 11.1 Å². The lowest BCUT2D eigenvalue weighted by Crippen LogP contribution is -1.99. The van der Waals surface area contributed by atoms with Gasteiger partial charge in [0, 0.05) is 11.4 Å². The molecule has 0 saturated carbocycles. The topological polar surface area (TPSA) is 63.8 Å². The van der Waals surface area contributed by atoms with E-state index in [2.05, 4.69) is 15.3 Å². The second-order valence-corrected chi connectivity index (χ2v) is 4.36. The van der Waals surface area contributed by atoms with E-state index in [1.807, 2.05) is 23.1 Å². The first-order valence-corrected chi connectivity index (χ1v) is 6.42. The van der Waals surface area contributed by atoms with Crippen molar-refractivity contribution in [2.24, 2.45) is 0 Å². The summed E-state index contributed by atoms with van der Waals surface area (Å²) < 4.78 is 0. The van der Waals surface area contributed by atoms with E-state index in [1.54, 1.807) is 17.4 Å². The van der Waals surface area contributed by atoms with Crippen LogP contribution in [-0.2, 0) is 0 Å². The van der Waals surface area contributed by atoms with Crippen molar-refractivity contribution in [3.8, 4) is 0 Å². The lowest BCUT2D eigenvalue weighted by Gasteiger charge is -2.05. The fraction of sp³-hybridized carbons (Fsp3) is 0.111. The van der Waals surface area contributed by atoms with Gasteiger partial charge in [-0.2, -0.15) is 11.3 Å². The number of hydrogen-bond acceptors (Lipinski definition) is 6. The van der Waals surface area contributed by atoms with Crippen LogP contribution in [0.2, 0.25) is 0 Å². The summed E-state index contributed by atoms with van der Waals surface area (Å²) in [4.78, 5) is 8.37. The Labute approximate surface area is 95.9 Å². The molecule has 3 N–H and O–H groups in total. The maximum absolute atomic E-state index is 5.66. The molecule has 78 valence electrons. The van der Waals surface area contributed by atoms with Gasteiger partial charge in [-0.1, -0.05) is 11.8 Å². The molecule has 2 rings (SSSR count). The van der Waals surface area contributed by atoms with Crippen molar-refractivity contribution < 1.29 is 0 Å². The molecule has 0 aromatic carbocycles. The summed E-state index contributed by atoms with van der Waals surface area (Å²) in [5.74, 6) is 1.21. The Hall–Kier alpha value is -1.27. The number of anilines is 3. The molecule has 2 aromatic heterocycles. The third-order valence-corrected chi connectivity index (χ3v) is 2.93. The maximum atomic E-state index is 5.66. The fourth-order valence-electron chi connectivity index (χ4n) is 1.08. The molecule has 15 heavy (non-hydrogen) atoms. The highest BCUT2D eigenvalue weighted by Crippen LogP contribution is 2.20. The summed E-state index contributed by atoms with van der Waals surface area (Å²) in [6.07, 6.45) is 1.92. The van der Waals surface area contributed by atoms with Gasteiger partial charge in [-0.15, -0.1) is 0 Å². The van der Waals surface area contributed by atoms with E-state index in [0.717, 1.165) is 11.5 Å². The van der Waals surface area contributed by atoms with E-state index in [-0.39, 0.29) is 0 Å². The van der Waals surface area contributed by atoms with Crippen molar-refractivity contribution in [3.63, 3.8) is 0 Å². The van der Waals surface area contributed by atoms with Gasteiger partial charge in [0.2, 0.25) is 0 Å². The van der Waals surface area contributed by atoms with Gasteiger partial charge in [0.1, 0.15) is 11.6 Å². The van der Waals surface area contributed by atoms with Crippen molar-refractivity contribution in [2.45, 2.75) is 5.16 Å². The Balaban J connectivity index is 2.24. The smallest absolute Gasteiger partial charge is 0.191 e. The minimum atomic E-state index is 0.479. The number of aromatic nitrogens is 2. The molecule has 2 aromatic rings. The summed E-state index contributed by atoms with van der Waals surface area (Å²) in [6, 6.07) is 3.71. The Morgan fingerprint density at radius 3 is 3.00 bits per heavy atom. The zero-order valence-corrected chi connectivity index (χ0v) is 9.73. The van der Waals surface area contributed by atoms with Crippen LogP contribution in [0.3, 0.4) is 0 Å². The van der Waals surface area contributed by atoms with Gasteiger partial charge in [0.05, 0.1) is 5.69 Å². The van der Waals surface area contributed by atoms with Gasteiger partial charge in [-0.25, -0.2) is 9.97 Å².